The Morgan fingerprint density at radius 2 is 1.90 bits per heavy atom. The number of nitrogens with zero attached hydrogens (tertiary/aromatic N) is 4. The van der Waals surface area contributed by atoms with Gasteiger partial charge in [-0.3, -0.25) is 13.8 Å². The molecule has 0 fully saturated rings. The van der Waals surface area contributed by atoms with E-state index in [-0.39, 0.29) is 12.4 Å². The summed E-state index contributed by atoms with van der Waals surface area (Å²) in [6.07, 6.45) is 2.78. The Hall–Kier alpha value is -3.38. The maximum absolute atomic E-state index is 12.2. The second-order valence-electron chi connectivity index (χ2n) is 7.01. The van der Waals surface area contributed by atoms with Crippen LogP contribution in [-0.2, 0) is 11.2 Å². The number of imidazole rings is 1. The standard InChI is InChI=1S/C23H19ClN4O2/c1-3-19-26-22-21(23-25-16-10-5-6-11-17(16)28(19)23)18(30-20(29)4-2)13-27(22)15-9-7-8-14(24)12-15/h5-13H,3-4H2,1-2H3. The molecule has 30 heavy (non-hydrogen) atoms. The van der Waals surface area contributed by atoms with Crippen LogP contribution >= 0.6 is 11.6 Å². The van der Waals surface area contributed by atoms with E-state index in [0.717, 1.165) is 34.6 Å². The first-order chi connectivity index (χ1) is 14.6. The Bertz CT molecular complexity index is 1430. The first-order valence-electron chi connectivity index (χ1n) is 9.88. The number of hydrogen-bond donors (Lipinski definition) is 0. The minimum Gasteiger partial charge on any atom is -0.424 e. The number of rotatable bonds is 4. The summed E-state index contributed by atoms with van der Waals surface area (Å²) >= 11 is 6.23. The number of esters is 1. The summed E-state index contributed by atoms with van der Waals surface area (Å²) in [6, 6.07) is 15.4. The molecule has 0 unspecified atom stereocenters. The van der Waals surface area contributed by atoms with E-state index in [1.165, 1.54) is 0 Å². The average Bonchev–Trinajstić information content (AvgIpc) is 3.31. The molecule has 0 atom stereocenters. The largest absolute Gasteiger partial charge is 0.424 e. The Morgan fingerprint density at radius 3 is 2.67 bits per heavy atom. The summed E-state index contributed by atoms with van der Waals surface area (Å²) in [6.45, 7) is 3.83. The maximum Gasteiger partial charge on any atom is 0.310 e. The van der Waals surface area contributed by atoms with Gasteiger partial charge in [0.1, 0.15) is 11.2 Å². The van der Waals surface area contributed by atoms with Gasteiger partial charge in [-0.1, -0.05) is 43.6 Å². The van der Waals surface area contributed by atoms with Gasteiger partial charge in [0, 0.05) is 23.6 Å². The number of aryl methyl sites for hydroxylation is 1. The van der Waals surface area contributed by atoms with Crippen LogP contribution in [0.15, 0.2) is 54.7 Å². The highest BCUT2D eigenvalue weighted by Crippen LogP contribution is 2.35. The molecular weight excluding hydrogens is 400 g/mol. The summed E-state index contributed by atoms with van der Waals surface area (Å²) in [7, 11) is 0. The van der Waals surface area contributed by atoms with Gasteiger partial charge in [0.05, 0.1) is 17.2 Å². The van der Waals surface area contributed by atoms with E-state index in [2.05, 4.69) is 6.92 Å². The summed E-state index contributed by atoms with van der Waals surface area (Å²) < 4.78 is 9.65. The first kappa shape index (κ1) is 18.6. The smallest absolute Gasteiger partial charge is 0.310 e. The minimum atomic E-state index is -0.311. The Kier molecular flexibility index (Phi) is 4.44. The highest BCUT2D eigenvalue weighted by Gasteiger charge is 2.22. The van der Waals surface area contributed by atoms with Crippen LogP contribution in [0.5, 0.6) is 5.75 Å². The Labute approximate surface area is 177 Å². The van der Waals surface area contributed by atoms with Gasteiger partial charge in [-0.15, -0.1) is 0 Å². The van der Waals surface area contributed by atoms with Gasteiger partial charge in [0.15, 0.2) is 17.0 Å². The van der Waals surface area contributed by atoms with Gasteiger partial charge in [-0.2, -0.15) is 0 Å². The van der Waals surface area contributed by atoms with Crippen LogP contribution in [0.1, 0.15) is 26.1 Å². The van der Waals surface area contributed by atoms with Crippen molar-refractivity contribution in [3.05, 3.63) is 65.6 Å². The van der Waals surface area contributed by atoms with E-state index in [1.807, 2.05) is 57.5 Å². The van der Waals surface area contributed by atoms with Crippen LogP contribution in [-0.4, -0.2) is 24.9 Å². The van der Waals surface area contributed by atoms with Crippen LogP contribution < -0.4 is 4.74 Å². The van der Waals surface area contributed by atoms with Crippen molar-refractivity contribution in [2.24, 2.45) is 0 Å². The number of aromatic nitrogens is 4. The molecule has 2 aromatic carbocycles. The quantitative estimate of drug-likeness (QED) is 0.369. The first-order valence-corrected chi connectivity index (χ1v) is 10.3. The van der Waals surface area contributed by atoms with Crippen LogP contribution in [0.25, 0.3) is 33.4 Å². The third-order valence-corrected chi connectivity index (χ3v) is 5.37. The van der Waals surface area contributed by atoms with Crippen molar-refractivity contribution < 1.29 is 9.53 Å². The summed E-state index contributed by atoms with van der Waals surface area (Å²) in [5, 5.41) is 1.31. The van der Waals surface area contributed by atoms with Crippen molar-refractivity contribution in [3.63, 3.8) is 0 Å². The van der Waals surface area contributed by atoms with E-state index in [4.69, 9.17) is 26.3 Å². The molecule has 5 rings (SSSR count). The summed E-state index contributed by atoms with van der Waals surface area (Å²) in [5.74, 6) is 1.00. The zero-order valence-corrected chi connectivity index (χ0v) is 17.3. The van der Waals surface area contributed by atoms with Gasteiger partial charge < -0.3 is 4.74 Å². The number of ether oxygens (including phenoxy) is 1. The molecular formula is C23H19ClN4O2. The molecule has 150 valence electrons. The number of fused-ring (bicyclic) bond motifs is 5. The van der Waals surface area contributed by atoms with Crippen molar-refractivity contribution in [2.45, 2.75) is 26.7 Å². The lowest BCUT2D eigenvalue weighted by atomic mass is 10.3. The second-order valence-corrected chi connectivity index (χ2v) is 7.45. The van der Waals surface area contributed by atoms with Crippen molar-refractivity contribution >= 4 is 45.3 Å². The monoisotopic (exact) mass is 418 g/mol. The molecule has 0 aliphatic carbocycles. The third-order valence-electron chi connectivity index (χ3n) is 5.14. The van der Waals surface area contributed by atoms with Gasteiger partial charge in [-0.05, 0) is 30.3 Å². The molecule has 3 aromatic heterocycles. The van der Waals surface area contributed by atoms with Gasteiger partial charge in [0.25, 0.3) is 0 Å². The molecule has 0 amide bonds. The lowest BCUT2D eigenvalue weighted by Crippen LogP contribution is -2.06. The number of carbonyl (C=O) groups is 1. The highest BCUT2D eigenvalue weighted by molar-refractivity contribution is 6.30. The van der Waals surface area contributed by atoms with Crippen molar-refractivity contribution in [1.29, 1.82) is 0 Å². The number of halogens is 1. The van der Waals surface area contributed by atoms with E-state index in [0.29, 0.717) is 21.8 Å². The van der Waals surface area contributed by atoms with Crippen LogP contribution in [0.4, 0.5) is 0 Å². The molecule has 3 heterocycles. The predicted molar refractivity (Wildman–Crippen MR) is 118 cm³/mol. The van der Waals surface area contributed by atoms with E-state index in [9.17, 15) is 4.79 Å². The lowest BCUT2D eigenvalue weighted by molar-refractivity contribution is -0.133. The fourth-order valence-electron chi connectivity index (χ4n) is 3.75. The summed E-state index contributed by atoms with van der Waals surface area (Å²) in [4.78, 5) is 22.0. The zero-order valence-electron chi connectivity index (χ0n) is 16.6. The zero-order chi connectivity index (χ0) is 20.8. The number of carbonyl (C=O) groups excluding carboxylic acids is 1. The minimum absolute atomic E-state index is 0.275. The van der Waals surface area contributed by atoms with E-state index >= 15 is 0 Å². The fraction of sp³-hybridized carbons (Fsp3) is 0.174. The van der Waals surface area contributed by atoms with Crippen LogP contribution in [0.2, 0.25) is 5.02 Å². The second kappa shape index (κ2) is 7.15. The topological polar surface area (TPSA) is 61.4 Å². The fourth-order valence-corrected chi connectivity index (χ4v) is 3.94. The molecule has 0 saturated carbocycles. The molecule has 0 saturated heterocycles. The van der Waals surface area contributed by atoms with Crippen molar-refractivity contribution in [2.75, 3.05) is 0 Å². The maximum atomic E-state index is 12.2. The van der Waals surface area contributed by atoms with Crippen molar-refractivity contribution in [3.8, 4) is 11.4 Å². The Morgan fingerprint density at radius 1 is 1.07 bits per heavy atom. The Balaban J connectivity index is 1.93. The molecule has 0 radical (unpaired) electrons. The van der Waals surface area contributed by atoms with Gasteiger partial charge in [-0.25, -0.2) is 9.97 Å². The van der Waals surface area contributed by atoms with Gasteiger partial charge in [0.2, 0.25) is 0 Å². The van der Waals surface area contributed by atoms with E-state index < -0.39 is 0 Å². The normalized spacial score (nSPS) is 11.6. The van der Waals surface area contributed by atoms with E-state index in [1.54, 1.807) is 13.1 Å². The SMILES string of the molecule is CCC(=O)Oc1cn(-c2cccc(Cl)c2)c2nc(CC)n3c4ccccc4nc3c12. The molecule has 0 N–H and O–H groups in total. The van der Waals surface area contributed by atoms with Gasteiger partial charge >= 0.3 is 5.97 Å². The highest BCUT2D eigenvalue weighted by atomic mass is 35.5. The number of para-hydroxylation sites is 2. The lowest BCUT2D eigenvalue weighted by Gasteiger charge is -2.08. The molecule has 0 aliphatic rings. The molecule has 0 spiro atoms. The molecule has 7 heteroatoms. The van der Waals surface area contributed by atoms with Crippen LogP contribution in [0.3, 0.4) is 0 Å². The third kappa shape index (κ3) is 2.83. The van der Waals surface area contributed by atoms with Crippen molar-refractivity contribution in [1.82, 2.24) is 18.9 Å². The van der Waals surface area contributed by atoms with Crippen LogP contribution in [0, 0.1) is 0 Å². The number of benzene rings is 2. The predicted octanol–water partition coefficient (Wildman–Crippen LogP) is 5.36. The molecule has 5 aromatic rings. The molecule has 6 nitrogen and oxygen atoms in total. The molecule has 0 aliphatic heterocycles. The average molecular weight is 419 g/mol. The molecule has 0 bridgehead atoms. The summed E-state index contributed by atoms with van der Waals surface area (Å²) in [5.41, 5.74) is 4.07. The number of hydrogen-bond acceptors (Lipinski definition) is 4.